The molecule has 1 aliphatic heterocycles. The molecule has 1 aromatic rings. The lowest BCUT2D eigenvalue weighted by atomic mass is 9.69. The van der Waals surface area contributed by atoms with Crippen LogP contribution >= 0.6 is 0 Å². The maximum absolute atomic E-state index is 14.3. The average Bonchev–Trinajstić information content (AvgIpc) is 2.95. The summed E-state index contributed by atoms with van der Waals surface area (Å²) >= 11 is 0. The molecule has 2 fully saturated rings. The summed E-state index contributed by atoms with van der Waals surface area (Å²) in [6.45, 7) is 2.83. The summed E-state index contributed by atoms with van der Waals surface area (Å²) in [7, 11) is 0. The summed E-state index contributed by atoms with van der Waals surface area (Å²) in [4.78, 5) is 0. The van der Waals surface area contributed by atoms with Crippen molar-refractivity contribution in [2.45, 2.75) is 63.0 Å². The normalized spacial score (nSPS) is 27.7. The van der Waals surface area contributed by atoms with Crippen LogP contribution in [0.3, 0.4) is 0 Å². The largest absolute Gasteiger partial charge is 0.375 e. The zero-order chi connectivity index (χ0) is 14.9. The second-order valence-corrected chi connectivity index (χ2v) is 6.80. The molecule has 2 N–H and O–H groups in total. The second-order valence-electron chi connectivity index (χ2n) is 6.80. The van der Waals surface area contributed by atoms with Crippen LogP contribution in [0.25, 0.3) is 0 Å². The molecule has 1 aliphatic carbocycles. The van der Waals surface area contributed by atoms with Gasteiger partial charge in [0.1, 0.15) is 5.82 Å². The number of hydrogen-bond acceptors (Lipinski definition) is 2. The molecule has 116 valence electrons. The topological polar surface area (TPSA) is 35.2 Å². The first kappa shape index (κ1) is 15.0. The Hall–Kier alpha value is -0.930. The fourth-order valence-electron chi connectivity index (χ4n) is 4.37. The van der Waals surface area contributed by atoms with Crippen molar-refractivity contribution in [2.75, 3.05) is 6.61 Å². The molecule has 1 saturated heterocycles. The van der Waals surface area contributed by atoms with Gasteiger partial charge in [0, 0.05) is 17.7 Å². The van der Waals surface area contributed by atoms with Crippen LogP contribution in [-0.2, 0) is 10.3 Å². The third-order valence-corrected chi connectivity index (χ3v) is 5.70. The first-order valence-corrected chi connectivity index (χ1v) is 8.27. The van der Waals surface area contributed by atoms with Gasteiger partial charge < -0.3 is 10.5 Å². The van der Waals surface area contributed by atoms with E-state index in [0.717, 1.165) is 38.7 Å². The Labute approximate surface area is 126 Å². The minimum Gasteiger partial charge on any atom is -0.375 e. The Morgan fingerprint density at radius 1 is 1.33 bits per heavy atom. The van der Waals surface area contributed by atoms with E-state index in [1.54, 1.807) is 6.07 Å². The van der Waals surface area contributed by atoms with E-state index in [0.29, 0.717) is 11.5 Å². The fraction of sp³-hybridized carbons (Fsp3) is 0.667. The minimum absolute atomic E-state index is 0.0218. The monoisotopic (exact) mass is 291 g/mol. The van der Waals surface area contributed by atoms with Crippen LogP contribution in [0.4, 0.5) is 4.39 Å². The predicted octanol–water partition coefficient (Wildman–Crippen LogP) is 4.13. The van der Waals surface area contributed by atoms with Gasteiger partial charge in [0.15, 0.2) is 0 Å². The first-order valence-electron chi connectivity index (χ1n) is 8.27. The van der Waals surface area contributed by atoms with E-state index in [2.05, 4.69) is 6.92 Å². The molecule has 2 atom stereocenters. The number of hydrogen-bond donors (Lipinski definition) is 1. The number of ether oxygens (including phenoxy) is 1. The molecule has 0 amide bonds. The maximum atomic E-state index is 14.3. The number of nitrogens with two attached hydrogens (primary N) is 1. The van der Waals surface area contributed by atoms with E-state index >= 15 is 0 Å². The van der Waals surface area contributed by atoms with Crippen molar-refractivity contribution in [3.8, 4) is 0 Å². The van der Waals surface area contributed by atoms with Crippen LogP contribution in [0.15, 0.2) is 24.3 Å². The SMILES string of the molecule is CCC(N)(c1ccccc1F)C1CCOC2(CCCC2)C1. The Morgan fingerprint density at radius 2 is 2.05 bits per heavy atom. The summed E-state index contributed by atoms with van der Waals surface area (Å²) < 4.78 is 20.4. The predicted molar refractivity (Wildman–Crippen MR) is 82.4 cm³/mol. The molecule has 1 saturated carbocycles. The Bertz CT molecular complexity index is 498. The molecular weight excluding hydrogens is 265 g/mol. The molecule has 1 spiro atoms. The molecule has 0 radical (unpaired) electrons. The van der Waals surface area contributed by atoms with Crippen molar-refractivity contribution in [1.82, 2.24) is 0 Å². The molecule has 0 aromatic heterocycles. The maximum Gasteiger partial charge on any atom is 0.128 e. The molecule has 0 bridgehead atoms. The lowest BCUT2D eigenvalue weighted by molar-refractivity contribution is -0.106. The van der Waals surface area contributed by atoms with Crippen LogP contribution in [0, 0.1) is 11.7 Å². The van der Waals surface area contributed by atoms with E-state index in [-0.39, 0.29) is 11.4 Å². The van der Waals surface area contributed by atoms with Gasteiger partial charge in [0.25, 0.3) is 0 Å². The van der Waals surface area contributed by atoms with Gasteiger partial charge >= 0.3 is 0 Å². The number of rotatable bonds is 3. The lowest BCUT2D eigenvalue weighted by Gasteiger charge is -2.46. The molecule has 3 heteroatoms. The van der Waals surface area contributed by atoms with Crippen molar-refractivity contribution in [2.24, 2.45) is 11.7 Å². The van der Waals surface area contributed by atoms with Gasteiger partial charge in [-0.1, -0.05) is 38.0 Å². The van der Waals surface area contributed by atoms with E-state index < -0.39 is 5.54 Å². The van der Waals surface area contributed by atoms with E-state index in [1.165, 1.54) is 18.9 Å². The van der Waals surface area contributed by atoms with Crippen LogP contribution in [0.2, 0.25) is 0 Å². The highest BCUT2D eigenvalue weighted by Gasteiger charge is 2.46. The smallest absolute Gasteiger partial charge is 0.128 e. The standard InChI is InChI=1S/C18H26FNO/c1-2-18(20,15-7-3-4-8-16(15)19)14-9-12-21-17(13-14)10-5-6-11-17/h3-4,7-8,14H,2,5-6,9-13,20H2,1H3. The van der Waals surface area contributed by atoms with E-state index in [4.69, 9.17) is 10.5 Å². The van der Waals surface area contributed by atoms with Gasteiger partial charge in [-0.25, -0.2) is 4.39 Å². The highest BCUT2D eigenvalue weighted by atomic mass is 19.1. The van der Waals surface area contributed by atoms with E-state index in [9.17, 15) is 4.39 Å². The first-order chi connectivity index (χ1) is 10.1. The summed E-state index contributed by atoms with van der Waals surface area (Å²) in [5, 5.41) is 0. The molecule has 3 rings (SSSR count). The van der Waals surface area contributed by atoms with Crippen molar-refractivity contribution in [3.63, 3.8) is 0 Å². The Morgan fingerprint density at radius 3 is 2.71 bits per heavy atom. The summed E-state index contributed by atoms with van der Waals surface area (Å²) in [5.41, 5.74) is 6.87. The van der Waals surface area contributed by atoms with Crippen LogP contribution in [0.1, 0.15) is 57.4 Å². The van der Waals surface area contributed by atoms with Crippen LogP contribution in [-0.4, -0.2) is 12.2 Å². The molecule has 1 heterocycles. The van der Waals surface area contributed by atoms with Gasteiger partial charge in [0.05, 0.1) is 5.60 Å². The molecule has 2 aliphatic rings. The zero-order valence-corrected chi connectivity index (χ0v) is 12.9. The van der Waals surface area contributed by atoms with E-state index in [1.807, 2.05) is 12.1 Å². The average molecular weight is 291 g/mol. The van der Waals surface area contributed by atoms with Crippen LogP contribution < -0.4 is 5.73 Å². The van der Waals surface area contributed by atoms with Crippen molar-refractivity contribution >= 4 is 0 Å². The molecule has 21 heavy (non-hydrogen) atoms. The molecule has 2 nitrogen and oxygen atoms in total. The van der Waals surface area contributed by atoms with Crippen LogP contribution in [0.5, 0.6) is 0 Å². The van der Waals surface area contributed by atoms with Gasteiger partial charge in [-0.05, 0) is 44.1 Å². The third kappa shape index (κ3) is 2.62. The van der Waals surface area contributed by atoms with Gasteiger partial charge in [0.2, 0.25) is 0 Å². The highest BCUT2D eigenvalue weighted by Crippen LogP contribution is 2.47. The summed E-state index contributed by atoms with van der Waals surface area (Å²) in [6, 6.07) is 7.00. The van der Waals surface area contributed by atoms with Gasteiger partial charge in [-0.15, -0.1) is 0 Å². The van der Waals surface area contributed by atoms with Crippen molar-refractivity contribution in [1.29, 1.82) is 0 Å². The third-order valence-electron chi connectivity index (χ3n) is 5.70. The summed E-state index contributed by atoms with van der Waals surface area (Å²) in [5.74, 6) is 0.125. The minimum atomic E-state index is -0.579. The quantitative estimate of drug-likeness (QED) is 0.909. The molecule has 1 aromatic carbocycles. The lowest BCUT2D eigenvalue weighted by Crippen LogP contribution is -2.51. The fourth-order valence-corrected chi connectivity index (χ4v) is 4.37. The zero-order valence-electron chi connectivity index (χ0n) is 12.9. The number of benzene rings is 1. The summed E-state index contributed by atoms with van der Waals surface area (Å²) in [6.07, 6.45) is 7.44. The highest BCUT2D eigenvalue weighted by molar-refractivity contribution is 5.27. The molecular formula is C18H26FNO. The van der Waals surface area contributed by atoms with Crippen molar-refractivity contribution in [3.05, 3.63) is 35.6 Å². The number of halogens is 1. The Kier molecular flexibility index (Phi) is 4.06. The molecule has 2 unspecified atom stereocenters. The van der Waals surface area contributed by atoms with Gasteiger partial charge in [-0.2, -0.15) is 0 Å². The van der Waals surface area contributed by atoms with Crippen molar-refractivity contribution < 1.29 is 9.13 Å². The Balaban J connectivity index is 1.90. The second kappa shape index (κ2) is 5.69. The van der Waals surface area contributed by atoms with Gasteiger partial charge in [-0.3, -0.25) is 0 Å².